The fourth-order valence-corrected chi connectivity index (χ4v) is 9.63. The van der Waals surface area contributed by atoms with Crippen LogP contribution >= 0.6 is 0 Å². The maximum absolute atomic E-state index is 14.8. The van der Waals surface area contributed by atoms with E-state index in [1.807, 2.05) is 18.2 Å². The predicted octanol–water partition coefficient (Wildman–Crippen LogP) is 8.27. The first-order chi connectivity index (χ1) is 31.0. The van der Waals surface area contributed by atoms with E-state index in [1.54, 1.807) is 39.0 Å². The molecule has 6 atom stereocenters. The summed E-state index contributed by atoms with van der Waals surface area (Å²) in [7, 11) is 0. The van der Waals surface area contributed by atoms with Crippen LogP contribution in [0.15, 0.2) is 130 Å². The van der Waals surface area contributed by atoms with Crippen LogP contribution in [0.2, 0.25) is 0 Å². The van der Waals surface area contributed by atoms with Gasteiger partial charge in [-0.05, 0) is 110 Å². The van der Waals surface area contributed by atoms with E-state index in [4.69, 9.17) is 23.4 Å². The Kier molecular flexibility index (Phi) is 13.6. The molecular formula is C53H56O11. The molecule has 0 saturated heterocycles. The molecule has 1 aliphatic carbocycles. The summed E-state index contributed by atoms with van der Waals surface area (Å²) in [5.74, 6) is -1.74. The van der Waals surface area contributed by atoms with E-state index in [2.05, 4.69) is 72.8 Å². The van der Waals surface area contributed by atoms with Gasteiger partial charge < -0.3 is 38.7 Å². The molecule has 3 aliphatic heterocycles. The molecule has 9 rings (SSSR count). The zero-order valence-corrected chi connectivity index (χ0v) is 36.5. The van der Waals surface area contributed by atoms with Crippen molar-refractivity contribution in [2.45, 2.75) is 94.9 Å². The van der Waals surface area contributed by atoms with Crippen molar-refractivity contribution in [1.82, 2.24) is 0 Å². The molecule has 0 saturated carbocycles. The van der Waals surface area contributed by atoms with Gasteiger partial charge in [-0.25, -0.2) is 9.59 Å². The molecular weight excluding hydrogens is 813 g/mol. The molecule has 11 heteroatoms. The van der Waals surface area contributed by atoms with Crippen LogP contribution in [-0.2, 0) is 36.6 Å². The molecule has 334 valence electrons. The first-order valence-corrected chi connectivity index (χ1v) is 22.1. The molecule has 0 fully saturated rings. The number of aryl methyl sites for hydroxylation is 1. The van der Waals surface area contributed by atoms with Gasteiger partial charge in [0.15, 0.2) is 12.2 Å². The van der Waals surface area contributed by atoms with Crippen LogP contribution in [0.3, 0.4) is 0 Å². The van der Waals surface area contributed by atoms with Crippen LogP contribution in [0, 0.1) is 5.92 Å². The Hall–Kier alpha value is -5.85. The van der Waals surface area contributed by atoms with E-state index in [1.165, 1.54) is 11.1 Å². The third-order valence-electron chi connectivity index (χ3n) is 13.1. The zero-order valence-electron chi connectivity index (χ0n) is 36.5. The minimum Gasteiger partial charge on any atom is -0.483 e. The highest BCUT2D eigenvalue weighted by atomic mass is 16.6. The summed E-state index contributed by atoms with van der Waals surface area (Å²) in [6, 6.07) is 32.4. The van der Waals surface area contributed by atoms with E-state index in [-0.39, 0.29) is 73.5 Å². The third kappa shape index (κ3) is 9.63. The summed E-state index contributed by atoms with van der Waals surface area (Å²) in [6.45, 7) is 4.00. The predicted molar refractivity (Wildman–Crippen MR) is 241 cm³/mol. The SMILES string of the molecule is C/C(CO)=C1\CCc2ccc(cc2)[C@@H]2C=C[C@@H](c3cccc(Cc4ccccc4)c3)C[C@H]2CC(=O)O[C@@H]2c3c(ccc4cc([C@H](CCO)COCO)c(=O)oc34)OC(C)(C)[C@H]2OC1=O. The van der Waals surface area contributed by atoms with Gasteiger partial charge in [-0.3, -0.25) is 4.79 Å². The van der Waals surface area contributed by atoms with Crippen molar-refractivity contribution < 1.29 is 48.3 Å². The van der Waals surface area contributed by atoms with E-state index in [0.717, 1.165) is 23.1 Å². The molecule has 64 heavy (non-hydrogen) atoms. The number of aliphatic hydroxyl groups is 3. The molecule has 2 bridgehead atoms. The summed E-state index contributed by atoms with van der Waals surface area (Å²) < 4.78 is 30.8. The van der Waals surface area contributed by atoms with E-state index >= 15 is 0 Å². The average molecular weight is 869 g/mol. The summed E-state index contributed by atoms with van der Waals surface area (Å²) in [6.07, 6.45) is 4.46. The van der Waals surface area contributed by atoms with E-state index < -0.39 is 48.1 Å². The largest absolute Gasteiger partial charge is 0.483 e. The van der Waals surface area contributed by atoms with Gasteiger partial charge in [-0.2, -0.15) is 0 Å². The van der Waals surface area contributed by atoms with Crippen molar-refractivity contribution in [3.05, 3.63) is 170 Å². The van der Waals surface area contributed by atoms with Gasteiger partial charge in [0.2, 0.25) is 0 Å². The highest BCUT2D eigenvalue weighted by molar-refractivity contribution is 5.90. The van der Waals surface area contributed by atoms with Crippen LogP contribution in [0.4, 0.5) is 0 Å². The lowest BCUT2D eigenvalue weighted by atomic mass is 9.72. The lowest BCUT2D eigenvalue weighted by Crippen LogP contribution is -2.52. The van der Waals surface area contributed by atoms with Gasteiger partial charge in [-0.15, -0.1) is 0 Å². The molecule has 5 aromatic rings. The van der Waals surface area contributed by atoms with Gasteiger partial charge in [0.05, 0.1) is 18.8 Å². The molecule has 11 nitrogen and oxygen atoms in total. The second kappa shape index (κ2) is 19.5. The summed E-state index contributed by atoms with van der Waals surface area (Å²) >= 11 is 0. The minimum atomic E-state index is -1.27. The molecule has 0 unspecified atom stereocenters. The normalized spacial score (nSPS) is 23.2. The topological polar surface area (TPSA) is 162 Å². The smallest absolute Gasteiger partial charge is 0.339 e. The Morgan fingerprint density at radius 1 is 0.844 bits per heavy atom. The molecule has 0 amide bonds. The highest BCUT2D eigenvalue weighted by Gasteiger charge is 2.51. The van der Waals surface area contributed by atoms with Crippen molar-refractivity contribution in [2.75, 3.05) is 26.6 Å². The highest BCUT2D eigenvalue weighted by Crippen LogP contribution is 2.48. The number of allylic oxidation sites excluding steroid dienone is 2. The molecule has 0 radical (unpaired) electrons. The molecule has 4 heterocycles. The number of aliphatic hydroxyl groups excluding tert-OH is 3. The summed E-state index contributed by atoms with van der Waals surface area (Å²) in [4.78, 5) is 42.9. The maximum Gasteiger partial charge on any atom is 0.339 e. The number of rotatable bonds is 10. The molecule has 0 spiro atoms. The van der Waals surface area contributed by atoms with Crippen molar-refractivity contribution in [3.63, 3.8) is 0 Å². The van der Waals surface area contributed by atoms with Crippen molar-refractivity contribution >= 4 is 22.9 Å². The molecule has 3 N–H and O–H groups in total. The number of esters is 2. The van der Waals surface area contributed by atoms with Crippen molar-refractivity contribution in [3.8, 4) is 5.75 Å². The van der Waals surface area contributed by atoms with Crippen LogP contribution in [0.5, 0.6) is 5.75 Å². The zero-order chi connectivity index (χ0) is 45.0. The second-order valence-electron chi connectivity index (χ2n) is 17.8. The van der Waals surface area contributed by atoms with Gasteiger partial charge in [0, 0.05) is 47.3 Å². The number of hydrogen-bond acceptors (Lipinski definition) is 11. The third-order valence-corrected chi connectivity index (χ3v) is 13.1. The van der Waals surface area contributed by atoms with Crippen LogP contribution in [0.25, 0.3) is 11.0 Å². The standard InChI is InChI=1S/C53H56O11/c1-32(29-55)42-19-14-33-12-15-36(16-13-33)43-20-17-38(37-11-7-10-35(25-37)24-34-8-5-4-6-9-34)26-41(43)28-46(57)61-49-47-45(64-53(2,3)50(49)63-51(42)58)21-18-39-27-44(52(59)62-48(39)47)40(22-23-54)30-60-31-56/h4-13,15-18,20-21,25,27,38,40-41,43,49-50,54-56H,14,19,22-24,26,28-31H2,1-3H3/b42-32-/t38-,40-,41+,43+,49-,50+/m1/s1. The van der Waals surface area contributed by atoms with Crippen LogP contribution in [-0.4, -0.2) is 65.6 Å². The number of ether oxygens (including phenoxy) is 4. The van der Waals surface area contributed by atoms with Gasteiger partial charge >= 0.3 is 17.6 Å². The average Bonchev–Trinajstić information content (AvgIpc) is 3.29. The number of hydrogen-bond donors (Lipinski definition) is 3. The Morgan fingerprint density at radius 2 is 1.62 bits per heavy atom. The molecule has 4 aliphatic rings. The summed E-state index contributed by atoms with van der Waals surface area (Å²) in [5.41, 5.74) is 5.04. The van der Waals surface area contributed by atoms with E-state index in [0.29, 0.717) is 35.1 Å². The van der Waals surface area contributed by atoms with Gasteiger partial charge in [-0.1, -0.05) is 91.0 Å². The monoisotopic (exact) mass is 868 g/mol. The molecule has 4 aromatic carbocycles. The fraction of sp³-hybridized carbons (Fsp3) is 0.377. The number of carbonyl (C=O) groups is 2. The lowest BCUT2D eigenvalue weighted by molar-refractivity contribution is -0.188. The van der Waals surface area contributed by atoms with Crippen molar-refractivity contribution in [2.24, 2.45) is 5.92 Å². The second-order valence-corrected chi connectivity index (χ2v) is 17.8. The first kappa shape index (κ1) is 44.7. The Morgan fingerprint density at radius 3 is 2.38 bits per heavy atom. The Bertz CT molecular complexity index is 2590. The number of fused-ring (bicyclic) bond motifs is 11. The van der Waals surface area contributed by atoms with Gasteiger partial charge in [0.25, 0.3) is 0 Å². The van der Waals surface area contributed by atoms with Gasteiger partial charge in [0.1, 0.15) is 23.7 Å². The lowest BCUT2D eigenvalue weighted by Gasteiger charge is -2.43. The minimum absolute atomic E-state index is 0.0295. The number of benzene rings is 4. The Labute approximate surface area is 373 Å². The maximum atomic E-state index is 14.8. The Balaban J connectivity index is 1.21. The van der Waals surface area contributed by atoms with Crippen LogP contribution < -0.4 is 10.4 Å². The summed E-state index contributed by atoms with van der Waals surface area (Å²) in [5, 5.41) is 29.9. The van der Waals surface area contributed by atoms with E-state index in [9.17, 15) is 29.7 Å². The quantitative estimate of drug-likeness (QED) is 0.0407. The number of carbonyl (C=O) groups excluding carboxylic acids is 2. The first-order valence-electron chi connectivity index (χ1n) is 22.1. The fourth-order valence-electron chi connectivity index (χ4n) is 9.63. The van der Waals surface area contributed by atoms with Crippen molar-refractivity contribution in [1.29, 1.82) is 0 Å². The molecule has 1 aromatic heterocycles. The van der Waals surface area contributed by atoms with Crippen LogP contribution in [0.1, 0.15) is 109 Å².